The average Bonchev–Trinajstić information content (AvgIpc) is 2.30. The molecule has 1 heterocycles. The van der Waals surface area contributed by atoms with Crippen LogP contribution in [0.1, 0.15) is 5.56 Å². The molecule has 0 aliphatic heterocycles. The van der Waals surface area contributed by atoms with E-state index in [2.05, 4.69) is 15.3 Å². The minimum absolute atomic E-state index is 0.0364. The van der Waals surface area contributed by atoms with Crippen molar-refractivity contribution in [2.45, 2.75) is 6.54 Å². The summed E-state index contributed by atoms with van der Waals surface area (Å²) in [6.45, 7) is 0.122. The second-order valence-corrected chi connectivity index (χ2v) is 3.75. The Labute approximate surface area is 101 Å². The molecule has 0 amide bonds. The summed E-state index contributed by atoms with van der Waals surface area (Å²) in [7, 11) is 0. The highest BCUT2D eigenvalue weighted by Gasteiger charge is 2.05. The van der Waals surface area contributed by atoms with E-state index in [1.807, 2.05) is 0 Å². The Balaban J connectivity index is 2.10. The highest BCUT2D eigenvalue weighted by atomic mass is 35.5. The summed E-state index contributed by atoms with van der Waals surface area (Å²) in [5.41, 5.74) is 0.382. The van der Waals surface area contributed by atoms with Crippen molar-refractivity contribution in [3.05, 3.63) is 52.9 Å². The molecule has 1 aromatic carbocycles. The van der Waals surface area contributed by atoms with Crippen molar-refractivity contribution < 1.29 is 8.78 Å². The van der Waals surface area contributed by atoms with Crippen LogP contribution in [0.3, 0.4) is 0 Å². The third-order valence-electron chi connectivity index (χ3n) is 2.13. The van der Waals surface area contributed by atoms with Crippen molar-refractivity contribution >= 4 is 17.4 Å². The highest BCUT2D eigenvalue weighted by molar-refractivity contribution is 6.30. The molecule has 0 aliphatic carbocycles. The van der Waals surface area contributed by atoms with Gasteiger partial charge in [-0.15, -0.1) is 0 Å². The number of nitrogens with zero attached hydrogens (tertiary/aromatic N) is 2. The zero-order valence-electron chi connectivity index (χ0n) is 8.62. The molecule has 2 rings (SSSR count). The van der Waals surface area contributed by atoms with Crippen molar-refractivity contribution in [2.75, 3.05) is 5.32 Å². The lowest BCUT2D eigenvalue weighted by Crippen LogP contribution is -2.05. The molecule has 0 unspecified atom stereocenters. The number of hydrogen-bond acceptors (Lipinski definition) is 3. The van der Waals surface area contributed by atoms with Crippen LogP contribution in [0.15, 0.2) is 30.7 Å². The van der Waals surface area contributed by atoms with Gasteiger partial charge < -0.3 is 5.32 Å². The molecule has 0 radical (unpaired) electrons. The quantitative estimate of drug-likeness (QED) is 0.916. The summed E-state index contributed by atoms with van der Waals surface area (Å²) >= 11 is 5.62. The number of rotatable bonds is 3. The van der Waals surface area contributed by atoms with Crippen LogP contribution in [-0.4, -0.2) is 9.97 Å². The van der Waals surface area contributed by atoms with E-state index in [0.717, 1.165) is 6.20 Å². The van der Waals surface area contributed by atoms with Gasteiger partial charge >= 0.3 is 0 Å². The first-order chi connectivity index (χ1) is 8.16. The van der Waals surface area contributed by atoms with Gasteiger partial charge in [0, 0.05) is 17.1 Å². The van der Waals surface area contributed by atoms with Crippen LogP contribution in [0.5, 0.6) is 0 Å². The average molecular weight is 256 g/mol. The molecule has 0 atom stereocenters. The maximum Gasteiger partial charge on any atom is 0.183 e. The number of halogens is 3. The molecule has 17 heavy (non-hydrogen) atoms. The number of anilines is 1. The van der Waals surface area contributed by atoms with E-state index >= 15 is 0 Å². The Hall–Kier alpha value is -1.75. The zero-order chi connectivity index (χ0) is 12.3. The van der Waals surface area contributed by atoms with Crippen molar-refractivity contribution in [3.8, 4) is 0 Å². The standard InChI is InChI=1S/C11H8ClF2N3/c12-8-2-1-7(9(13)3-8)4-16-11-10(14)5-15-6-17-11/h1-3,5-6H,4H2,(H,15,16,17). The zero-order valence-corrected chi connectivity index (χ0v) is 9.38. The Morgan fingerprint density at radius 3 is 2.76 bits per heavy atom. The van der Waals surface area contributed by atoms with E-state index in [4.69, 9.17) is 11.6 Å². The van der Waals surface area contributed by atoms with E-state index in [1.54, 1.807) is 6.07 Å². The van der Waals surface area contributed by atoms with Gasteiger partial charge in [0.05, 0.1) is 6.20 Å². The van der Waals surface area contributed by atoms with Gasteiger partial charge in [-0.05, 0) is 12.1 Å². The molecule has 0 bridgehead atoms. The molecule has 6 heteroatoms. The lowest BCUT2D eigenvalue weighted by molar-refractivity contribution is 0.606. The number of benzene rings is 1. The fourth-order valence-electron chi connectivity index (χ4n) is 1.29. The predicted molar refractivity (Wildman–Crippen MR) is 60.7 cm³/mol. The van der Waals surface area contributed by atoms with E-state index in [0.29, 0.717) is 10.6 Å². The molecule has 0 spiro atoms. The fraction of sp³-hybridized carbons (Fsp3) is 0.0909. The third kappa shape index (κ3) is 2.88. The molecule has 1 N–H and O–H groups in total. The molecule has 2 aromatic rings. The Bertz CT molecular complexity index is 534. The lowest BCUT2D eigenvalue weighted by atomic mass is 10.2. The Kier molecular flexibility index (Phi) is 3.49. The van der Waals surface area contributed by atoms with Crippen LogP contribution in [0.2, 0.25) is 5.02 Å². The largest absolute Gasteiger partial charge is 0.363 e. The molecule has 0 fully saturated rings. The normalized spacial score (nSPS) is 10.3. The SMILES string of the molecule is Fc1cc(Cl)ccc1CNc1ncncc1F. The minimum atomic E-state index is -0.582. The fourth-order valence-corrected chi connectivity index (χ4v) is 1.45. The number of aromatic nitrogens is 2. The van der Waals surface area contributed by atoms with Gasteiger partial charge in [0.1, 0.15) is 12.1 Å². The van der Waals surface area contributed by atoms with Gasteiger partial charge in [-0.25, -0.2) is 18.7 Å². The van der Waals surface area contributed by atoms with E-state index in [1.165, 1.54) is 18.5 Å². The maximum atomic E-state index is 13.4. The van der Waals surface area contributed by atoms with Crippen LogP contribution in [0, 0.1) is 11.6 Å². The summed E-state index contributed by atoms with van der Waals surface area (Å²) in [5, 5.41) is 3.00. The van der Waals surface area contributed by atoms with Crippen LogP contribution < -0.4 is 5.32 Å². The smallest absolute Gasteiger partial charge is 0.183 e. The van der Waals surface area contributed by atoms with Crippen LogP contribution in [0.25, 0.3) is 0 Å². The van der Waals surface area contributed by atoms with Crippen molar-refractivity contribution in [3.63, 3.8) is 0 Å². The Morgan fingerprint density at radius 2 is 2.06 bits per heavy atom. The third-order valence-corrected chi connectivity index (χ3v) is 2.36. The highest BCUT2D eigenvalue weighted by Crippen LogP contribution is 2.16. The maximum absolute atomic E-state index is 13.4. The van der Waals surface area contributed by atoms with Gasteiger partial charge in [0.15, 0.2) is 11.6 Å². The molecule has 1 aromatic heterocycles. The molecule has 0 saturated heterocycles. The van der Waals surface area contributed by atoms with Crippen LogP contribution >= 0.6 is 11.6 Å². The van der Waals surface area contributed by atoms with Crippen LogP contribution in [0.4, 0.5) is 14.6 Å². The summed E-state index contributed by atoms with van der Waals surface area (Å²) in [5.74, 6) is -0.990. The first-order valence-corrected chi connectivity index (χ1v) is 5.18. The topological polar surface area (TPSA) is 37.8 Å². The number of hydrogen-bond donors (Lipinski definition) is 1. The monoisotopic (exact) mass is 255 g/mol. The van der Waals surface area contributed by atoms with Gasteiger partial charge in [-0.1, -0.05) is 17.7 Å². The molecule has 0 saturated carbocycles. The van der Waals surface area contributed by atoms with Gasteiger partial charge in [-0.2, -0.15) is 0 Å². The second kappa shape index (κ2) is 5.05. The van der Waals surface area contributed by atoms with Gasteiger partial charge in [0.2, 0.25) is 0 Å². The molecule has 88 valence electrons. The summed E-state index contributed by atoms with van der Waals surface area (Å²) < 4.78 is 26.6. The first kappa shape index (κ1) is 11.7. The second-order valence-electron chi connectivity index (χ2n) is 3.31. The lowest BCUT2D eigenvalue weighted by Gasteiger charge is -2.07. The predicted octanol–water partition coefficient (Wildman–Crippen LogP) is 3.02. The van der Waals surface area contributed by atoms with Crippen molar-refractivity contribution in [1.82, 2.24) is 9.97 Å². The Morgan fingerprint density at radius 1 is 1.24 bits per heavy atom. The van der Waals surface area contributed by atoms with Crippen molar-refractivity contribution in [2.24, 2.45) is 0 Å². The van der Waals surface area contributed by atoms with Crippen molar-refractivity contribution in [1.29, 1.82) is 0 Å². The summed E-state index contributed by atoms with van der Waals surface area (Å²) in [6, 6.07) is 4.30. The molecular weight excluding hydrogens is 248 g/mol. The van der Waals surface area contributed by atoms with E-state index < -0.39 is 11.6 Å². The van der Waals surface area contributed by atoms with E-state index in [9.17, 15) is 8.78 Å². The van der Waals surface area contributed by atoms with Gasteiger partial charge in [-0.3, -0.25) is 0 Å². The minimum Gasteiger partial charge on any atom is -0.363 e. The van der Waals surface area contributed by atoms with E-state index in [-0.39, 0.29) is 12.4 Å². The first-order valence-electron chi connectivity index (χ1n) is 4.80. The summed E-state index contributed by atoms with van der Waals surface area (Å²) in [4.78, 5) is 7.21. The summed E-state index contributed by atoms with van der Waals surface area (Å²) in [6.07, 6.45) is 2.25. The number of nitrogens with one attached hydrogen (secondary N) is 1. The van der Waals surface area contributed by atoms with Crippen LogP contribution in [-0.2, 0) is 6.54 Å². The molecule has 0 aliphatic rings. The molecule has 3 nitrogen and oxygen atoms in total. The molecular formula is C11H8ClF2N3. The van der Waals surface area contributed by atoms with Gasteiger partial charge in [0.25, 0.3) is 0 Å².